The zero-order chi connectivity index (χ0) is 21.6. The molecule has 3 N–H and O–H groups in total. The SMILES string of the molecule is CC(C)C.COc1ccc(C#Cc2ccc(SNCC(=O)NO)cc2)cc1OC. The summed E-state index contributed by atoms with van der Waals surface area (Å²) in [4.78, 5) is 11.8. The molecule has 0 fully saturated rings. The van der Waals surface area contributed by atoms with Gasteiger partial charge in [0.1, 0.15) is 0 Å². The molecule has 0 aromatic heterocycles. The number of hydroxylamine groups is 1. The van der Waals surface area contributed by atoms with Crippen LogP contribution in [0.4, 0.5) is 0 Å². The van der Waals surface area contributed by atoms with Gasteiger partial charge in [-0.3, -0.25) is 14.7 Å². The second-order valence-corrected chi connectivity index (χ2v) is 7.50. The first-order valence-corrected chi connectivity index (χ1v) is 9.88. The Morgan fingerprint density at radius 2 is 1.55 bits per heavy atom. The monoisotopic (exact) mass is 416 g/mol. The molecule has 2 aromatic rings. The van der Waals surface area contributed by atoms with E-state index in [2.05, 4.69) is 37.3 Å². The van der Waals surface area contributed by atoms with E-state index < -0.39 is 5.91 Å². The van der Waals surface area contributed by atoms with Crippen molar-refractivity contribution < 1.29 is 19.5 Å². The number of carbonyl (C=O) groups is 1. The first-order valence-electron chi connectivity index (χ1n) is 9.06. The first kappa shape index (κ1) is 24.4. The van der Waals surface area contributed by atoms with Crippen molar-refractivity contribution in [1.82, 2.24) is 10.2 Å². The van der Waals surface area contributed by atoms with Gasteiger partial charge >= 0.3 is 0 Å². The van der Waals surface area contributed by atoms with Crippen molar-refractivity contribution >= 4 is 17.9 Å². The van der Waals surface area contributed by atoms with E-state index in [1.54, 1.807) is 19.7 Å². The van der Waals surface area contributed by atoms with Crippen molar-refractivity contribution in [3.05, 3.63) is 53.6 Å². The van der Waals surface area contributed by atoms with Crippen LogP contribution in [-0.4, -0.2) is 31.9 Å². The number of carbonyl (C=O) groups excluding carboxylic acids is 1. The minimum absolute atomic E-state index is 0.0159. The van der Waals surface area contributed by atoms with Crippen LogP contribution < -0.4 is 19.7 Å². The molecule has 0 saturated carbocycles. The fraction of sp³-hybridized carbons (Fsp3) is 0.318. The second kappa shape index (κ2) is 13.5. The molecule has 0 spiro atoms. The number of ether oxygens (including phenoxy) is 2. The Kier molecular flexibility index (Phi) is 11.4. The van der Waals surface area contributed by atoms with Gasteiger partial charge in [0.15, 0.2) is 11.5 Å². The fourth-order valence-corrected chi connectivity index (χ4v) is 2.53. The van der Waals surface area contributed by atoms with Crippen LogP contribution in [0.3, 0.4) is 0 Å². The maximum absolute atomic E-state index is 10.9. The molecule has 7 heteroatoms. The van der Waals surface area contributed by atoms with Gasteiger partial charge < -0.3 is 9.47 Å². The molecule has 0 radical (unpaired) electrons. The summed E-state index contributed by atoms with van der Waals surface area (Å²) in [6.07, 6.45) is 0. The van der Waals surface area contributed by atoms with Gasteiger partial charge in [-0.1, -0.05) is 32.6 Å². The summed E-state index contributed by atoms with van der Waals surface area (Å²) in [7, 11) is 3.18. The van der Waals surface area contributed by atoms with Gasteiger partial charge in [0.2, 0.25) is 0 Å². The smallest absolute Gasteiger partial charge is 0.258 e. The third-order valence-corrected chi connectivity index (χ3v) is 3.93. The van der Waals surface area contributed by atoms with Crippen molar-refractivity contribution in [2.45, 2.75) is 25.7 Å². The van der Waals surface area contributed by atoms with Crippen LogP contribution in [0.5, 0.6) is 11.5 Å². The number of amides is 1. The van der Waals surface area contributed by atoms with Crippen LogP contribution in [0.1, 0.15) is 31.9 Å². The topological polar surface area (TPSA) is 79.8 Å². The van der Waals surface area contributed by atoms with Crippen molar-refractivity contribution in [3.63, 3.8) is 0 Å². The Balaban J connectivity index is 0.000000960. The van der Waals surface area contributed by atoms with E-state index in [1.165, 1.54) is 11.9 Å². The number of hydrogen-bond donors (Lipinski definition) is 3. The Hall–Kier alpha value is -2.66. The van der Waals surface area contributed by atoms with Crippen molar-refractivity contribution in [2.75, 3.05) is 20.8 Å². The molecule has 0 aliphatic rings. The van der Waals surface area contributed by atoms with Gasteiger partial charge in [-0.2, -0.15) is 0 Å². The second-order valence-electron chi connectivity index (χ2n) is 6.53. The summed E-state index contributed by atoms with van der Waals surface area (Å²) in [5.74, 6) is 7.81. The van der Waals surface area contributed by atoms with Crippen molar-refractivity contribution in [3.8, 4) is 23.3 Å². The lowest BCUT2D eigenvalue weighted by Crippen LogP contribution is -2.28. The van der Waals surface area contributed by atoms with E-state index >= 15 is 0 Å². The van der Waals surface area contributed by atoms with E-state index in [1.807, 2.05) is 42.5 Å². The lowest BCUT2D eigenvalue weighted by molar-refractivity contribution is -0.127. The van der Waals surface area contributed by atoms with Gasteiger partial charge in [0.05, 0.1) is 20.8 Å². The van der Waals surface area contributed by atoms with E-state index in [4.69, 9.17) is 14.7 Å². The Morgan fingerprint density at radius 1 is 1.00 bits per heavy atom. The predicted molar refractivity (Wildman–Crippen MR) is 116 cm³/mol. The summed E-state index contributed by atoms with van der Waals surface area (Å²) in [5.41, 5.74) is 3.25. The summed E-state index contributed by atoms with van der Waals surface area (Å²) < 4.78 is 13.3. The molecule has 2 rings (SSSR count). The molecule has 0 bridgehead atoms. The molecule has 0 atom stereocenters. The molecule has 6 nitrogen and oxygen atoms in total. The molecule has 29 heavy (non-hydrogen) atoms. The van der Waals surface area contributed by atoms with Crippen LogP contribution in [0.15, 0.2) is 47.4 Å². The lowest BCUT2D eigenvalue weighted by Gasteiger charge is -2.06. The third kappa shape index (κ3) is 9.90. The average molecular weight is 417 g/mol. The van der Waals surface area contributed by atoms with Crippen molar-refractivity contribution in [1.29, 1.82) is 0 Å². The van der Waals surface area contributed by atoms with Gasteiger partial charge in [0, 0.05) is 16.0 Å². The normalized spacial score (nSPS) is 9.62. The minimum Gasteiger partial charge on any atom is -0.493 e. The first-order chi connectivity index (χ1) is 13.9. The van der Waals surface area contributed by atoms with Crippen LogP contribution in [0.2, 0.25) is 0 Å². The van der Waals surface area contributed by atoms with Gasteiger partial charge in [-0.15, -0.1) is 0 Å². The van der Waals surface area contributed by atoms with Crippen molar-refractivity contribution in [2.24, 2.45) is 5.92 Å². The number of methoxy groups -OCH3 is 2. The molecule has 0 heterocycles. The number of hydrogen-bond acceptors (Lipinski definition) is 6. The number of benzene rings is 2. The highest BCUT2D eigenvalue weighted by Gasteiger charge is 2.03. The van der Waals surface area contributed by atoms with Crippen LogP contribution in [0, 0.1) is 17.8 Å². The Bertz CT molecular complexity index is 824. The Labute approximate surface area is 177 Å². The molecule has 156 valence electrons. The quantitative estimate of drug-likeness (QED) is 0.287. The van der Waals surface area contributed by atoms with Crippen LogP contribution >= 0.6 is 11.9 Å². The van der Waals surface area contributed by atoms with Crippen LogP contribution in [0.25, 0.3) is 0 Å². The van der Waals surface area contributed by atoms with Crippen LogP contribution in [-0.2, 0) is 4.79 Å². The minimum atomic E-state index is -0.495. The molecule has 2 aromatic carbocycles. The highest BCUT2D eigenvalue weighted by atomic mass is 32.2. The van der Waals surface area contributed by atoms with E-state index in [-0.39, 0.29) is 6.54 Å². The number of rotatable bonds is 6. The summed E-state index contributed by atoms with van der Waals surface area (Å²) >= 11 is 1.30. The van der Waals surface area contributed by atoms with Gasteiger partial charge in [-0.25, -0.2) is 5.48 Å². The van der Waals surface area contributed by atoms with Gasteiger partial charge in [-0.05, 0) is 60.3 Å². The van der Waals surface area contributed by atoms with E-state index in [9.17, 15) is 4.79 Å². The molecular formula is C22H28N2O4S. The number of nitrogens with one attached hydrogen (secondary N) is 2. The van der Waals surface area contributed by atoms with E-state index in [0.29, 0.717) is 11.5 Å². The Morgan fingerprint density at radius 3 is 2.10 bits per heavy atom. The zero-order valence-electron chi connectivity index (χ0n) is 17.4. The third-order valence-electron chi connectivity index (χ3n) is 3.14. The summed E-state index contributed by atoms with van der Waals surface area (Å²) in [6.45, 7) is 6.52. The summed E-state index contributed by atoms with van der Waals surface area (Å²) in [6, 6.07) is 13.1. The largest absolute Gasteiger partial charge is 0.493 e. The maximum Gasteiger partial charge on any atom is 0.258 e. The molecule has 1 amide bonds. The zero-order valence-corrected chi connectivity index (χ0v) is 18.2. The maximum atomic E-state index is 10.9. The van der Waals surface area contributed by atoms with E-state index in [0.717, 1.165) is 21.9 Å². The summed E-state index contributed by atoms with van der Waals surface area (Å²) in [5, 5.41) is 8.40. The molecule has 0 saturated heterocycles. The molecule has 0 aliphatic carbocycles. The fourth-order valence-electron chi connectivity index (χ4n) is 1.89. The van der Waals surface area contributed by atoms with Gasteiger partial charge in [0.25, 0.3) is 5.91 Å². The predicted octanol–water partition coefficient (Wildman–Crippen LogP) is 3.87. The lowest BCUT2D eigenvalue weighted by atomic mass is 10.1. The average Bonchev–Trinajstić information content (AvgIpc) is 2.72. The highest BCUT2D eigenvalue weighted by molar-refractivity contribution is 7.97. The highest BCUT2D eigenvalue weighted by Crippen LogP contribution is 2.27. The molecule has 0 aliphatic heterocycles. The molecule has 0 unspecified atom stereocenters. The molecular weight excluding hydrogens is 388 g/mol. The standard InChI is InChI=1S/C18H18N2O4S.C4H10/c1-23-16-10-7-14(11-17(16)24-2)4-3-13-5-8-15(9-6-13)25-19-12-18(21)20-22;1-4(2)3/h5-11,19,22H,12H2,1-2H3,(H,20,21);4H,1-3H3.